The van der Waals surface area contributed by atoms with Crippen molar-refractivity contribution < 1.29 is 14.6 Å². The zero-order chi connectivity index (χ0) is 20.1. The van der Waals surface area contributed by atoms with Gasteiger partial charge in [-0.05, 0) is 31.5 Å². The number of carboxylic acid groups (broad SMARTS) is 1. The van der Waals surface area contributed by atoms with Crippen LogP contribution in [0.3, 0.4) is 0 Å². The first-order valence-electron chi connectivity index (χ1n) is 8.41. The lowest BCUT2D eigenvalue weighted by Crippen LogP contribution is -2.26. The van der Waals surface area contributed by atoms with Gasteiger partial charge in [-0.15, -0.1) is 11.3 Å². The van der Waals surface area contributed by atoms with Crippen molar-refractivity contribution in [2.24, 2.45) is 0 Å². The lowest BCUT2D eigenvalue weighted by Gasteiger charge is -2.15. The molecule has 1 N–H and O–H groups in total. The van der Waals surface area contributed by atoms with E-state index in [1.165, 1.54) is 23.1 Å². The number of thioether (sulfide) groups is 1. The number of carboxylic acids is 1. The molecule has 0 amide bonds. The van der Waals surface area contributed by atoms with E-state index in [-0.39, 0.29) is 0 Å². The van der Waals surface area contributed by atoms with E-state index in [4.69, 9.17) is 16.3 Å². The van der Waals surface area contributed by atoms with Crippen LogP contribution in [-0.2, 0) is 11.2 Å². The maximum absolute atomic E-state index is 11.2. The van der Waals surface area contributed by atoms with Crippen molar-refractivity contribution in [3.05, 3.63) is 52.8 Å². The number of benzene rings is 1. The molecule has 1 aromatic carbocycles. The van der Waals surface area contributed by atoms with E-state index in [1.54, 1.807) is 26.2 Å². The molecule has 0 aliphatic carbocycles. The summed E-state index contributed by atoms with van der Waals surface area (Å²) >= 11 is 8.57. The predicted molar refractivity (Wildman–Crippen MR) is 111 cm³/mol. The molecular weight excluding hydrogens is 418 g/mol. The maximum Gasteiger partial charge on any atom is 0.319 e. The smallest absolute Gasteiger partial charge is 0.319 e. The highest BCUT2D eigenvalue weighted by atomic mass is 35.5. The third-order valence-corrected chi connectivity index (χ3v) is 6.21. The molecule has 28 heavy (non-hydrogen) atoms. The number of carbonyl (C=O) groups is 1. The van der Waals surface area contributed by atoms with E-state index in [0.717, 1.165) is 21.2 Å². The summed E-state index contributed by atoms with van der Waals surface area (Å²) in [5.41, 5.74) is 2.71. The summed E-state index contributed by atoms with van der Waals surface area (Å²) in [7, 11) is 0. The summed E-state index contributed by atoms with van der Waals surface area (Å²) in [6.07, 6.45) is 4.00. The van der Waals surface area contributed by atoms with E-state index < -0.39 is 10.7 Å². The van der Waals surface area contributed by atoms with Gasteiger partial charge in [0.05, 0.1) is 12.3 Å². The summed E-state index contributed by atoms with van der Waals surface area (Å²) in [5, 5.41) is 11.8. The van der Waals surface area contributed by atoms with E-state index in [0.29, 0.717) is 24.1 Å². The van der Waals surface area contributed by atoms with Crippen LogP contribution < -0.4 is 4.74 Å². The molecule has 0 bridgehead atoms. The summed E-state index contributed by atoms with van der Waals surface area (Å²) in [5.74, 6) is -0.864. The number of aliphatic carboxylic acids is 1. The monoisotopic (exact) mass is 435 g/mol. The van der Waals surface area contributed by atoms with Gasteiger partial charge in [0.1, 0.15) is 4.75 Å². The number of aromatic nitrogens is 3. The quantitative estimate of drug-likeness (QED) is 0.507. The highest BCUT2D eigenvalue weighted by Gasteiger charge is 2.29. The van der Waals surface area contributed by atoms with E-state index in [1.807, 2.05) is 29.6 Å². The van der Waals surface area contributed by atoms with Crippen molar-refractivity contribution in [1.82, 2.24) is 15.0 Å². The zero-order valence-electron chi connectivity index (χ0n) is 15.3. The minimum Gasteiger partial charge on any atom is -0.480 e. The molecule has 0 spiro atoms. The first-order chi connectivity index (χ1) is 13.3. The van der Waals surface area contributed by atoms with Crippen LogP contribution >= 0.6 is 34.7 Å². The molecule has 9 heteroatoms. The molecule has 0 unspecified atom stereocenters. The van der Waals surface area contributed by atoms with Gasteiger partial charge in [0.15, 0.2) is 4.34 Å². The van der Waals surface area contributed by atoms with Crippen LogP contribution in [0, 0.1) is 0 Å². The Morgan fingerprint density at radius 3 is 2.54 bits per heavy atom. The fourth-order valence-electron chi connectivity index (χ4n) is 2.14. The second-order valence-corrected chi connectivity index (χ2v) is 9.55. The lowest BCUT2D eigenvalue weighted by molar-refractivity contribution is -0.138. The molecule has 0 atom stereocenters. The first-order valence-corrected chi connectivity index (χ1v) is 10.5. The molecule has 2 heterocycles. The Kier molecular flexibility index (Phi) is 6.53. The minimum atomic E-state index is -0.911. The molecule has 3 aromatic rings. The molecule has 0 aliphatic rings. The van der Waals surface area contributed by atoms with Crippen molar-refractivity contribution in [3.8, 4) is 17.1 Å². The number of rotatable bonds is 8. The maximum atomic E-state index is 11.2. The third-order valence-electron chi connectivity index (χ3n) is 3.78. The Morgan fingerprint density at radius 2 is 1.89 bits per heavy atom. The lowest BCUT2D eigenvalue weighted by atomic mass is 10.1. The Hall–Kier alpha value is -2.16. The van der Waals surface area contributed by atoms with Crippen molar-refractivity contribution in [2.75, 3.05) is 6.61 Å². The Balaban J connectivity index is 1.51. The molecule has 0 saturated heterocycles. The summed E-state index contributed by atoms with van der Waals surface area (Å²) < 4.78 is 5.41. The molecule has 146 valence electrons. The van der Waals surface area contributed by atoms with Gasteiger partial charge in [-0.2, -0.15) is 0 Å². The van der Waals surface area contributed by atoms with Gasteiger partial charge in [-0.1, -0.05) is 35.5 Å². The van der Waals surface area contributed by atoms with Crippen LogP contribution in [0.1, 0.15) is 19.5 Å². The number of nitrogens with zero attached hydrogens (tertiary/aromatic N) is 3. The summed E-state index contributed by atoms with van der Waals surface area (Å²) in [6, 6.07) is 7.75. The molecule has 0 fully saturated rings. The third kappa shape index (κ3) is 5.43. The molecular formula is C19H18ClN3O3S2. The van der Waals surface area contributed by atoms with E-state index >= 15 is 0 Å². The number of halogens is 1. The molecule has 0 saturated carbocycles. The molecule has 6 nitrogen and oxygen atoms in total. The highest BCUT2D eigenvalue weighted by Crippen LogP contribution is 2.34. The Labute approximate surface area is 176 Å². The number of thiazole rings is 1. The average Bonchev–Trinajstić information content (AvgIpc) is 3.09. The molecule has 0 radical (unpaired) electrons. The largest absolute Gasteiger partial charge is 0.480 e. The van der Waals surface area contributed by atoms with Crippen molar-refractivity contribution in [3.63, 3.8) is 0 Å². The van der Waals surface area contributed by atoms with Crippen molar-refractivity contribution in [1.29, 1.82) is 0 Å². The van der Waals surface area contributed by atoms with Crippen LogP contribution in [0.5, 0.6) is 6.01 Å². The molecule has 2 aromatic heterocycles. The van der Waals surface area contributed by atoms with Gasteiger partial charge >= 0.3 is 12.0 Å². The zero-order valence-corrected chi connectivity index (χ0v) is 17.6. The van der Waals surface area contributed by atoms with Crippen molar-refractivity contribution >= 4 is 40.7 Å². The fraction of sp³-hybridized carbons (Fsp3) is 0.263. The normalized spacial score (nSPS) is 11.4. The topological polar surface area (TPSA) is 85.2 Å². The second-order valence-electron chi connectivity index (χ2n) is 6.38. The van der Waals surface area contributed by atoms with Crippen LogP contribution in [0.2, 0.25) is 5.02 Å². The first kappa shape index (κ1) is 20.6. The number of ether oxygens (including phenoxy) is 1. The minimum absolute atomic E-state index is 0.301. The Morgan fingerprint density at radius 1 is 1.21 bits per heavy atom. The van der Waals surface area contributed by atoms with Crippen LogP contribution in [0.4, 0.5) is 0 Å². The summed E-state index contributed by atoms with van der Waals surface area (Å²) in [4.78, 5) is 24.1. The van der Waals surface area contributed by atoms with Crippen LogP contribution in [-0.4, -0.2) is 37.4 Å². The van der Waals surface area contributed by atoms with E-state index in [2.05, 4.69) is 15.0 Å². The SMILES string of the molecule is CC(C)(Sc1nc(CCOc2ncc(-c3ccc(Cl)cc3)cn2)cs1)C(=O)O. The fourth-order valence-corrected chi connectivity index (χ4v) is 4.49. The second kappa shape index (κ2) is 8.89. The summed E-state index contributed by atoms with van der Waals surface area (Å²) in [6.45, 7) is 3.71. The van der Waals surface area contributed by atoms with Gasteiger partial charge in [0.25, 0.3) is 0 Å². The van der Waals surface area contributed by atoms with Crippen molar-refractivity contribution in [2.45, 2.75) is 29.4 Å². The standard InChI is InChI=1S/C19H18ClN3O3S2/c1-19(2,16(24)25)28-18-23-15(11-27-18)7-8-26-17-21-9-13(10-22-17)12-3-5-14(20)6-4-12/h3-6,9-11H,7-8H2,1-2H3,(H,24,25). The van der Waals surface area contributed by atoms with Gasteiger partial charge in [-0.3, -0.25) is 4.79 Å². The average molecular weight is 436 g/mol. The molecule has 3 rings (SSSR count). The van der Waals surface area contributed by atoms with Gasteiger partial charge < -0.3 is 9.84 Å². The predicted octanol–water partition coefficient (Wildman–Crippen LogP) is 4.83. The molecule has 0 aliphatic heterocycles. The van der Waals surface area contributed by atoms with Crippen LogP contribution in [0.25, 0.3) is 11.1 Å². The van der Waals surface area contributed by atoms with E-state index in [9.17, 15) is 9.90 Å². The van der Waals surface area contributed by atoms with Gasteiger partial charge in [0.2, 0.25) is 0 Å². The van der Waals surface area contributed by atoms with Gasteiger partial charge in [0, 0.05) is 34.8 Å². The highest BCUT2D eigenvalue weighted by molar-refractivity contribution is 8.02. The van der Waals surface area contributed by atoms with Crippen LogP contribution in [0.15, 0.2) is 46.4 Å². The van der Waals surface area contributed by atoms with Gasteiger partial charge in [-0.25, -0.2) is 15.0 Å². The number of hydrogen-bond donors (Lipinski definition) is 1. The Bertz CT molecular complexity index is 944. The number of hydrogen-bond acceptors (Lipinski definition) is 7.